The molecular weight excluding hydrogens is 403 g/mol. The zero-order valence-electron chi connectivity index (χ0n) is 14.5. The first-order chi connectivity index (χ1) is 13.6. The molecule has 0 radical (unpaired) electrons. The van der Waals surface area contributed by atoms with E-state index in [1.165, 1.54) is 47.4 Å². The minimum Gasteiger partial charge on any atom is -0.461 e. The molecule has 4 aromatic rings. The van der Waals surface area contributed by atoms with Gasteiger partial charge in [-0.05, 0) is 36.4 Å². The van der Waals surface area contributed by atoms with E-state index in [2.05, 4.69) is 25.7 Å². The Hall–Kier alpha value is -3.05. The van der Waals surface area contributed by atoms with Crippen molar-refractivity contribution in [2.24, 2.45) is 7.05 Å². The average Bonchev–Trinajstić information content (AvgIpc) is 3.43. The summed E-state index contributed by atoms with van der Waals surface area (Å²) in [4.78, 5) is 12.2. The monoisotopic (exact) mass is 416 g/mol. The van der Waals surface area contributed by atoms with E-state index < -0.39 is 0 Å². The van der Waals surface area contributed by atoms with Crippen molar-refractivity contribution in [2.45, 2.75) is 10.9 Å². The number of amides is 1. The van der Waals surface area contributed by atoms with Crippen LogP contribution < -0.4 is 5.32 Å². The normalized spacial score (nSPS) is 10.9. The highest BCUT2D eigenvalue weighted by Crippen LogP contribution is 2.26. The third-order valence-corrected chi connectivity index (χ3v) is 5.80. The second-order valence-corrected chi connectivity index (χ2v) is 7.60. The molecule has 0 aliphatic carbocycles. The fourth-order valence-corrected chi connectivity index (χ4v) is 3.94. The molecule has 3 heterocycles. The number of carbonyl (C=O) groups is 1. The third kappa shape index (κ3) is 3.94. The van der Waals surface area contributed by atoms with Crippen molar-refractivity contribution in [3.05, 3.63) is 58.5 Å². The van der Waals surface area contributed by atoms with Crippen LogP contribution in [0, 0.1) is 5.82 Å². The van der Waals surface area contributed by atoms with Gasteiger partial charge >= 0.3 is 0 Å². The van der Waals surface area contributed by atoms with E-state index in [4.69, 9.17) is 4.42 Å². The van der Waals surface area contributed by atoms with Gasteiger partial charge in [0.2, 0.25) is 5.01 Å². The Balaban J connectivity index is 1.39. The standard InChI is InChI=1S/C17H13FN6O2S2/c1-24-14(12-3-2-8-26-12)21-23-17(24)27-9-13-20-22-16(28-13)15(25)19-11-6-4-10(18)5-7-11/h2-8H,9H2,1H3,(H,19,25). The predicted octanol–water partition coefficient (Wildman–Crippen LogP) is 3.61. The maximum absolute atomic E-state index is 12.9. The van der Waals surface area contributed by atoms with E-state index in [0.29, 0.717) is 33.2 Å². The summed E-state index contributed by atoms with van der Waals surface area (Å²) < 4.78 is 20.1. The maximum Gasteiger partial charge on any atom is 0.286 e. The molecule has 0 saturated heterocycles. The summed E-state index contributed by atoms with van der Waals surface area (Å²) in [6.07, 6.45) is 1.58. The SMILES string of the molecule is Cn1c(SCc2nnc(C(=O)Nc3ccc(F)cc3)s2)nnc1-c1ccco1. The van der Waals surface area contributed by atoms with Crippen molar-refractivity contribution in [1.29, 1.82) is 0 Å². The summed E-state index contributed by atoms with van der Waals surface area (Å²) in [7, 11) is 1.85. The first-order valence-corrected chi connectivity index (χ1v) is 9.86. The van der Waals surface area contributed by atoms with Gasteiger partial charge in [-0.2, -0.15) is 0 Å². The number of anilines is 1. The van der Waals surface area contributed by atoms with Crippen molar-refractivity contribution in [3.63, 3.8) is 0 Å². The van der Waals surface area contributed by atoms with Crippen LogP contribution in [0.3, 0.4) is 0 Å². The number of nitrogens with one attached hydrogen (secondary N) is 1. The van der Waals surface area contributed by atoms with Gasteiger partial charge < -0.3 is 14.3 Å². The number of thioether (sulfide) groups is 1. The average molecular weight is 416 g/mol. The molecule has 3 aromatic heterocycles. The molecule has 1 aromatic carbocycles. The van der Waals surface area contributed by atoms with Crippen LogP contribution in [-0.2, 0) is 12.8 Å². The van der Waals surface area contributed by atoms with E-state index in [1.54, 1.807) is 12.3 Å². The Bertz CT molecular complexity index is 1090. The molecule has 0 atom stereocenters. The number of benzene rings is 1. The Labute approximate surface area is 166 Å². The Morgan fingerprint density at radius 1 is 1.21 bits per heavy atom. The van der Waals surface area contributed by atoms with Crippen molar-refractivity contribution in [3.8, 4) is 11.6 Å². The van der Waals surface area contributed by atoms with Gasteiger partial charge in [0, 0.05) is 12.7 Å². The predicted molar refractivity (Wildman–Crippen MR) is 103 cm³/mol. The minimum atomic E-state index is -0.390. The van der Waals surface area contributed by atoms with Crippen LogP contribution in [-0.4, -0.2) is 30.9 Å². The van der Waals surface area contributed by atoms with E-state index in [0.717, 1.165) is 0 Å². The van der Waals surface area contributed by atoms with Crippen molar-refractivity contribution >= 4 is 34.7 Å². The van der Waals surface area contributed by atoms with Gasteiger partial charge in [-0.3, -0.25) is 4.79 Å². The number of aromatic nitrogens is 5. The topological polar surface area (TPSA) is 98.7 Å². The van der Waals surface area contributed by atoms with Gasteiger partial charge in [-0.15, -0.1) is 20.4 Å². The number of hydrogen-bond acceptors (Lipinski definition) is 8. The highest BCUT2D eigenvalue weighted by Gasteiger charge is 2.16. The van der Waals surface area contributed by atoms with Crippen LogP contribution in [0.2, 0.25) is 0 Å². The molecule has 1 N–H and O–H groups in total. The van der Waals surface area contributed by atoms with Gasteiger partial charge in [0.1, 0.15) is 10.8 Å². The number of nitrogens with zero attached hydrogens (tertiary/aromatic N) is 5. The number of hydrogen-bond donors (Lipinski definition) is 1. The van der Waals surface area contributed by atoms with E-state index in [-0.39, 0.29) is 16.7 Å². The molecule has 142 valence electrons. The lowest BCUT2D eigenvalue weighted by Crippen LogP contribution is -2.11. The first-order valence-electron chi connectivity index (χ1n) is 8.05. The zero-order chi connectivity index (χ0) is 19.5. The van der Waals surface area contributed by atoms with Gasteiger partial charge in [-0.25, -0.2) is 4.39 Å². The second-order valence-electron chi connectivity index (χ2n) is 5.59. The van der Waals surface area contributed by atoms with Crippen LogP contribution in [0.5, 0.6) is 0 Å². The van der Waals surface area contributed by atoms with Gasteiger partial charge in [0.05, 0.1) is 12.0 Å². The molecule has 0 saturated carbocycles. The number of rotatable bonds is 6. The fourth-order valence-electron chi connectivity index (χ4n) is 2.31. The molecule has 1 amide bonds. The third-order valence-electron chi connectivity index (χ3n) is 3.66. The van der Waals surface area contributed by atoms with Crippen molar-refractivity contribution in [2.75, 3.05) is 5.32 Å². The highest BCUT2D eigenvalue weighted by molar-refractivity contribution is 7.98. The second kappa shape index (κ2) is 7.90. The summed E-state index contributed by atoms with van der Waals surface area (Å²) in [6, 6.07) is 9.11. The lowest BCUT2D eigenvalue weighted by molar-refractivity contribution is 0.102. The molecule has 11 heteroatoms. The number of carbonyl (C=O) groups excluding carboxylic acids is 1. The minimum absolute atomic E-state index is 0.231. The van der Waals surface area contributed by atoms with E-state index in [1.807, 2.05) is 17.7 Å². The molecule has 0 bridgehead atoms. The molecule has 0 aliphatic rings. The largest absolute Gasteiger partial charge is 0.461 e. The Morgan fingerprint density at radius 2 is 2.04 bits per heavy atom. The van der Waals surface area contributed by atoms with Crippen LogP contribution in [0.15, 0.2) is 52.2 Å². The molecule has 0 spiro atoms. The molecule has 0 fully saturated rings. The number of furan rings is 1. The zero-order valence-corrected chi connectivity index (χ0v) is 16.1. The van der Waals surface area contributed by atoms with Gasteiger partial charge in [-0.1, -0.05) is 23.1 Å². The van der Waals surface area contributed by atoms with Crippen LogP contribution in [0.4, 0.5) is 10.1 Å². The summed E-state index contributed by atoms with van der Waals surface area (Å²) >= 11 is 2.62. The van der Waals surface area contributed by atoms with Crippen molar-refractivity contribution < 1.29 is 13.6 Å². The van der Waals surface area contributed by atoms with E-state index >= 15 is 0 Å². The van der Waals surface area contributed by atoms with Gasteiger partial charge in [0.25, 0.3) is 5.91 Å². The summed E-state index contributed by atoms with van der Waals surface area (Å²) in [5, 5.41) is 20.5. The Morgan fingerprint density at radius 3 is 2.79 bits per heavy atom. The van der Waals surface area contributed by atoms with Crippen molar-refractivity contribution in [1.82, 2.24) is 25.0 Å². The lowest BCUT2D eigenvalue weighted by Gasteiger charge is -2.01. The molecule has 0 unspecified atom stereocenters. The molecule has 8 nitrogen and oxygen atoms in total. The lowest BCUT2D eigenvalue weighted by atomic mass is 10.3. The Kier molecular flexibility index (Phi) is 5.17. The smallest absolute Gasteiger partial charge is 0.286 e. The van der Waals surface area contributed by atoms with Gasteiger partial charge in [0.15, 0.2) is 16.7 Å². The summed E-state index contributed by atoms with van der Waals surface area (Å²) in [5.41, 5.74) is 0.488. The number of halogens is 1. The molecule has 28 heavy (non-hydrogen) atoms. The molecule has 0 aliphatic heterocycles. The first kappa shape index (κ1) is 18.3. The maximum atomic E-state index is 12.9. The fraction of sp³-hybridized carbons (Fsp3) is 0.118. The van der Waals surface area contributed by atoms with Crippen LogP contribution >= 0.6 is 23.1 Å². The van der Waals surface area contributed by atoms with Crippen LogP contribution in [0.25, 0.3) is 11.6 Å². The highest BCUT2D eigenvalue weighted by atomic mass is 32.2. The molecule has 4 rings (SSSR count). The summed E-state index contributed by atoms with van der Waals surface area (Å²) in [6.45, 7) is 0. The quantitative estimate of drug-likeness (QED) is 0.479. The van der Waals surface area contributed by atoms with E-state index in [9.17, 15) is 9.18 Å². The summed E-state index contributed by atoms with van der Waals surface area (Å²) in [5.74, 6) is 0.999. The molecular formula is C17H13FN6O2S2. The van der Waals surface area contributed by atoms with Crippen LogP contribution in [0.1, 0.15) is 14.8 Å².